The Morgan fingerprint density at radius 3 is 2.79 bits per heavy atom. The van der Waals surface area contributed by atoms with Crippen molar-refractivity contribution in [2.45, 2.75) is 40.3 Å². The molecule has 0 aliphatic heterocycles. The summed E-state index contributed by atoms with van der Waals surface area (Å²) in [5.41, 5.74) is 2.20. The summed E-state index contributed by atoms with van der Waals surface area (Å²) in [6.45, 7) is 8.95. The summed E-state index contributed by atoms with van der Waals surface area (Å²) in [6, 6.07) is 5.98. The molecule has 126 valence electrons. The highest BCUT2D eigenvalue weighted by molar-refractivity contribution is 7.13. The van der Waals surface area contributed by atoms with E-state index in [1.54, 1.807) is 17.5 Å². The van der Waals surface area contributed by atoms with Crippen LogP contribution in [-0.4, -0.2) is 26.7 Å². The van der Waals surface area contributed by atoms with Gasteiger partial charge in [-0.3, -0.25) is 4.79 Å². The molecular formula is C18H22N4OS. The highest BCUT2D eigenvalue weighted by atomic mass is 32.1. The Kier molecular flexibility index (Phi) is 4.66. The van der Waals surface area contributed by atoms with Gasteiger partial charge in [-0.1, -0.05) is 19.9 Å². The third kappa shape index (κ3) is 3.06. The molecule has 0 unspecified atom stereocenters. The van der Waals surface area contributed by atoms with E-state index in [4.69, 9.17) is 4.98 Å². The Hall–Kier alpha value is -2.21. The summed E-state index contributed by atoms with van der Waals surface area (Å²) in [7, 11) is 0. The number of pyridine rings is 1. The standard InChI is InChI=1S/C18H22N4OS/c1-5-22-17-14(10-19-22)13(18(23)20-12(4)11(2)3)9-15(21-17)16-7-6-8-24-16/h6-12H,5H2,1-4H3,(H,20,23)/t12-/m1/s1. The van der Waals surface area contributed by atoms with Crippen molar-refractivity contribution in [1.29, 1.82) is 0 Å². The van der Waals surface area contributed by atoms with Crippen LogP contribution in [0, 0.1) is 5.92 Å². The topological polar surface area (TPSA) is 59.8 Å². The van der Waals surface area contributed by atoms with Gasteiger partial charge in [0.15, 0.2) is 5.65 Å². The monoisotopic (exact) mass is 342 g/mol. The van der Waals surface area contributed by atoms with Crippen molar-refractivity contribution in [2.24, 2.45) is 5.92 Å². The number of thiophene rings is 1. The fourth-order valence-corrected chi connectivity index (χ4v) is 3.15. The lowest BCUT2D eigenvalue weighted by Crippen LogP contribution is -2.36. The van der Waals surface area contributed by atoms with Gasteiger partial charge in [0.1, 0.15) is 0 Å². The molecule has 24 heavy (non-hydrogen) atoms. The minimum absolute atomic E-state index is 0.0722. The first kappa shape index (κ1) is 16.6. The molecule has 3 aromatic heterocycles. The number of fused-ring (bicyclic) bond motifs is 1. The summed E-state index contributed by atoms with van der Waals surface area (Å²) >= 11 is 1.62. The van der Waals surface area contributed by atoms with Gasteiger partial charge in [-0.05, 0) is 37.3 Å². The second kappa shape index (κ2) is 6.73. The normalized spacial score (nSPS) is 12.7. The number of nitrogens with zero attached hydrogens (tertiary/aromatic N) is 3. The third-order valence-electron chi connectivity index (χ3n) is 4.29. The molecule has 0 bridgehead atoms. The van der Waals surface area contributed by atoms with Crippen LogP contribution in [0.1, 0.15) is 38.1 Å². The van der Waals surface area contributed by atoms with Gasteiger partial charge in [0, 0.05) is 12.6 Å². The number of hydrogen-bond acceptors (Lipinski definition) is 4. The van der Waals surface area contributed by atoms with Gasteiger partial charge >= 0.3 is 0 Å². The van der Waals surface area contributed by atoms with Gasteiger partial charge in [-0.25, -0.2) is 9.67 Å². The number of carbonyl (C=O) groups excluding carboxylic acids is 1. The number of aromatic nitrogens is 3. The highest BCUT2D eigenvalue weighted by Crippen LogP contribution is 2.28. The average molecular weight is 342 g/mol. The van der Waals surface area contributed by atoms with Crippen LogP contribution in [0.2, 0.25) is 0 Å². The third-order valence-corrected chi connectivity index (χ3v) is 5.18. The summed E-state index contributed by atoms with van der Waals surface area (Å²) < 4.78 is 1.83. The molecular weight excluding hydrogens is 320 g/mol. The molecule has 0 spiro atoms. The first-order chi connectivity index (χ1) is 11.5. The number of amides is 1. The largest absolute Gasteiger partial charge is 0.349 e. The molecule has 1 atom stereocenters. The molecule has 1 amide bonds. The zero-order valence-electron chi connectivity index (χ0n) is 14.4. The van der Waals surface area contributed by atoms with Crippen molar-refractivity contribution in [3.63, 3.8) is 0 Å². The molecule has 3 heterocycles. The van der Waals surface area contributed by atoms with Crippen LogP contribution in [-0.2, 0) is 6.54 Å². The van der Waals surface area contributed by atoms with E-state index < -0.39 is 0 Å². The minimum atomic E-state index is -0.0722. The second-order valence-corrected chi connectivity index (χ2v) is 7.18. The van der Waals surface area contributed by atoms with Crippen molar-refractivity contribution >= 4 is 28.3 Å². The first-order valence-corrected chi connectivity index (χ1v) is 9.10. The zero-order valence-corrected chi connectivity index (χ0v) is 15.2. The van der Waals surface area contributed by atoms with Gasteiger partial charge in [-0.15, -0.1) is 11.3 Å². The SMILES string of the molecule is CCn1ncc2c(C(=O)N[C@H](C)C(C)C)cc(-c3cccs3)nc21. The molecule has 0 saturated carbocycles. The van der Waals surface area contributed by atoms with Gasteiger partial charge in [-0.2, -0.15) is 5.10 Å². The molecule has 3 rings (SSSR count). The van der Waals surface area contributed by atoms with Crippen molar-refractivity contribution in [1.82, 2.24) is 20.1 Å². The Labute approximate surface area is 145 Å². The van der Waals surface area contributed by atoms with Crippen molar-refractivity contribution < 1.29 is 4.79 Å². The summed E-state index contributed by atoms with van der Waals surface area (Å²) in [4.78, 5) is 18.6. The molecule has 0 saturated heterocycles. The Morgan fingerprint density at radius 2 is 2.17 bits per heavy atom. The molecule has 0 aromatic carbocycles. The van der Waals surface area contributed by atoms with Crippen LogP contribution in [0.3, 0.4) is 0 Å². The number of nitrogens with one attached hydrogen (secondary N) is 1. The molecule has 1 N–H and O–H groups in total. The van der Waals surface area contributed by atoms with E-state index >= 15 is 0 Å². The van der Waals surface area contributed by atoms with Crippen LogP contribution in [0.4, 0.5) is 0 Å². The van der Waals surface area contributed by atoms with Crippen molar-refractivity contribution in [3.8, 4) is 10.6 Å². The van der Waals surface area contributed by atoms with Crippen molar-refractivity contribution in [3.05, 3.63) is 35.3 Å². The maximum atomic E-state index is 12.8. The maximum Gasteiger partial charge on any atom is 0.252 e. The lowest BCUT2D eigenvalue weighted by Gasteiger charge is -2.18. The van der Waals surface area contributed by atoms with Crippen LogP contribution in [0.25, 0.3) is 21.6 Å². The minimum Gasteiger partial charge on any atom is -0.349 e. The predicted octanol–water partition coefficient (Wildman–Crippen LogP) is 3.95. The van der Waals surface area contributed by atoms with Gasteiger partial charge in [0.25, 0.3) is 5.91 Å². The van der Waals surface area contributed by atoms with Crippen molar-refractivity contribution in [2.75, 3.05) is 0 Å². The van der Waals surface area contributed by atoms with Crippen LogP contribution < -0.4 is 5.32 Å². The van der Waals surface area contributed by atoms with E-state index in [9.17, 15) is 4.79 Å². The van der Waals surface area contributed by atoms with Crippen LogP contribution >= 0.6 is 11.3 Å². The van der Waals surface area contributed by atoms with Crippen LogP contribution in [0.15, 0.2) is 29.8 Å². The number of carbonyl (C=O) groups is 1. The van der Waals surface area contributed by atoms with E-state index in [1.807, 2.05) is 42.1 Å². The summed E-state index contributed by atoms with van der Waals surface area (Å²) in [5, 5.41) is 10.3. The fraction of sp³-hybridized carbons (Fsp3) is 0.389. The maximum absolute atomic E-state index is 12.8. The number of rotatable bonds is 5. The zero-order chi connectivity index (χ0) is 17.3. The average Bonchev–Trinajstić information content (AvgIpc) is 3.22. The van der Waals surface area contributed by atoms with E-state index in [1.165, 1.54) is 0 Å². The fourth-order valence-electron chi connectivity index (χ4n) is 2.47. The summed E-state index contributed by atoms with van der Waals surface area (Å²) in [6.07, 6.45) is 1.74. The van der Waals surface area contributed by atoms with Crippen LogP contribution in [0.5, 0.6) is 0 Å². The van der Waals surface area contributed by atoms with E-state index in [-0.39, 0.29) is 11.9 Å². The smallest absolute Gasteiger partial charge is 0.252 e. The van der Waals surface area contributed by atoms with Gasteiger partial charge < -0.3 is 5.32 Å². The molecule has 0 fully saturated rings. The highest BCUT2D eigenvalue weighted by Gasteiger charge is 2.19. The second-order valence-electron chi connectivity index (χ2n) is 6.24. The first-order valence-electron chi connectivity index (χ1n) is 8.22. The molecule has 5 nitrogen and oxygen atoms in total. The van der Waals surface area contributed by atoms with E-state index in [0.717, 1.165) is 21.6 Å². The molecule has 6 heteroatoms. The Bertz CT molecular complexity index is 851. The number of aryl methyl sites for hydroxylation is 1. The van der Waals surface area contributed by atoms with Gasteiger partial charge in [0.05, 0.1) is 27.7 Å². The predicted molar refractivity (Wildman–Crippen MR) is 98.3 cm³/mol. The molecule has 0 aliphatic carbocycles. The summed E-state index contributed by atoms with van der Waals surface area (Å²) in [5.74, 6) is 0.304. The van der Waals surface area contributed by atoms with E-state index in [2.05, 4.69) is 24.3 Å². The molecule has 3 aromatic rings. The molecule has 0 aliphatic rings. The quantitative estimate of drug-likeness (QED) is 0.763. The number of hydrogen-bond donors (Lipinski definition) is 1. The van der Waals surface area contributed by atoms with E-state index in [0.29, 0.717) is 18.0 Å². The van der Waals surface area contributed by atoms with Gasteiger partial charge in [0.2, 0.25) is 0 Å². The Balaban J connectivity index is 2.11. The Morgan fingerprint density at radius 1 is 1.38 bits per heavy atom. The molecule has 0 radical (unpaired) electrons. The lowest BCUT2D eigenvalue weighted by molar-refractivity contribution is 0.0932. The lowest BCUT2D eigenvalue weighted by atomic mass is 10.0.